The number of nitrogens with zero attached hydrogens (tertiary/aromatic N) is 11. The number of hydrogen-bond acceptors (Lipinski definition) is 38. The van der Waals surface area contributed by atoms with Gasteiger partial charge in [0, 0.05) is 0 Å². The zero-order chi connectivity index (χ0) is 103. The quantitative estimate of drug-likeness (QED) is 0.0105. The number of nitrogens with one attached hydrogen (secondary N) is 7. The van der Waals surface area contributed by atoms with Crippen LogP contribution in [0.4, 0.5) is 0 Å². The molecule has 3 fully saturated rings. The molecule has 138 heavy (non-hydrogen) atoms. The highest BCUT2D eigenvalue weighted by Crippen LogP contribution is 2.50. The Bertz CT molecular complexity index is 5120. The number of H-pyrrole nitrogens is 1. The van der Waals surface area contributed by atoms with Crippen LogP contribution in [-0.4, -0.2) is 288 Å². The molecule has 0 aliphatic carbocycles. The van der Waals surface area contributed by atoms with Crippen LogP contribution in [0.15, 0.2) is 23.8 Å². The Morgan fingerprint density at radius 2 is 0.725 bits per heavy atom. The summed E-state index contributed by atoms with van der Waals surface area (Å²) in [6.45, 7) is 42.7. The number of methoxy groups -OCH3 is 2. The van der Waals surface area contributed by atoms with Crippen LogP contribution in [0, 0.1) is 56.3 Å². The second-order valence-corrected chi connectivity index (χ2v) is 42.4. The van der Waals surface area contributed by atoms with E-state index in [4.69, 9.17) is 65.7 Å². The zero-order valence-corrected chi connectivity index (χ0v) is 86.8. The first kappa shape index (κ1) is 117. The molecule has 0 spiro atoms. The third-order valence-electron chi connectivity index (χ3n) is 22.8. The summed E-state index contributed by atoms with van der Waals surface area (Å²) < 4.78 is 126. The minimum atomic E-state index is -4.30. The SMILES string of the molecule is CCOC(=O)C(CC(C)C)NP(=O)(NC(CC(C)C)C(=O)OCC)OC[C@H]1O[C@@H](n2cnc3c(OC(C)C)nc(C)nc32)C(C)(O)[C@H]1O.CCOC(=O)C(CC(C)C)NP(=O)(NC(CC(C)C)C(=O)OCC)OC[C@H]1O[C@@H](n2cnc3c(OCC)nc(C)nc32)C(C)(O)[C@H]1O.CC[C@H](C)C(NP(=O)(NC(C(=O)OC)[C@@H](C)CC)OC[C@H]1O[C@@H](n2cnc3c(=O)[nH]c(C)nc32)C(C)(O)[C@H]1O)C(=O)OC. The van der Waals surface area contributed by atoms with Gasteiger partial charge in [0.05, 0.1) is 92.2 Å². The van der Waals surface area contributed by atoms with Crippen molar-refractivity contribution in [3.8, 4) is 11.8 Å². The van der Waals surface area contributed by atoms with Crippen molar-refractivity contribution in [3.05, 3.63) is 46.8 Å². The average molecular weight is 2020 g/mol. The summed E-state index contributed by atoms with van der Waals surface area (Å²) in [5.41, 5.74) is -4.75. The number of imidazole rings is 3. The lowest BCUT2D eigenvalue weighted by Gasteiger charge is -2.32. The van der Waals surface area contributed by atoms with Crippen molar-refractivity contribution in [2.24, 2.45) is 35.5 Å². The number of hydrogen-bond donors (Lipinski definition) is 13. The summed E-state index contributed by atoms with van der Waals surface area (Å²) in [7, 11) is -10.5. The Labute approximate surface area is 803 Å². The Balaban J connectivity index is 0.000000282. The predicted molar refractivity (Wildman–Crippen MR) is 501 cm³/mol. The van der Waals surface area contributed by atoms with Gasteiger partial charge in [0.1, 0.15) is 107 Å². The molecule has 780 valence electrons. The summed E-state index contributed by atoms with van der Waals surface area (Å²) in [6.07, 6.45) is -6.06. The number of rotatable bonds is 50. The zero-order valence-electron chi connectivity index (χ0n) is 84.1. The second kappa shape index (κ2) is 51.2. The van der Waals surface area contributed by atoms with Gasteiger partial charge >= 0.3 is 58.8 Å². The van der Waals surface area contributed by atoms with E-state index in [-0.39, 0.29) is 117 Å². The molecule has 3 aliphatic rings. The van der Waals surface area contributed by atoms with Crippen LogP contribution in [0.25, 0.3) is 33.5 Å². The number of fused-ring (bicyclic) bond motifs is 3. The minimum Gasteiger partial charge on any atom is -0.476 e. The van der Waals surface area contributed by atoms with E-state index in [1.807, 2.05) is 90.0 Å². The van der Waals surface area contributed by atoms with Gasteiger partial charge in [-0.15, -0.1) is 0 Å². The van der Waals surface area contributed by atoms with Crippen molar-refractivity contribution in [1.82, 2.24) is 89.1 Å². The fourth-order valence-electron chi connectivity index (χ4n) is 15.5. The lowest BCUT2D eigenvalue weighted by atomic mass is 9.96. The molecule has 6 aromatic rings. The van der Waals surface area contributed by atoms with Gasteiger partial charge in [-0.05, 0) is 151 Å². The standard InChI is InChI=1S/C31H53N6O10P.C30H51N6O10P.C26H43N6O10P/c1-11-43-28(39)21(13-17(3)4)35-48(42,36-22(14-18(5)6)29(40)44-12-2)45-15-23-25(38)31(10,41)30(47-23)37-16-32-24-26(37)33-20(9)34-27(24)46-19(7)8;1-10-42-26-23-25(32-19(8)33-26)36(16-31-23)29-30(9,40)24(37)22(46-29)15-45-47(41,34-20(13-17(4)5)27(38)43-11-2)35-21(14-18(6)7)28(39)44-12-3;1-9-13(3)17(23(35)39-7)30-43(38,31-18(14(4)10-2)24(36)40-8)41-11-16-20(33)26(6,37)25(42-16)32-12-27-19-21(32)28-15(5)29-22(19)34/h16-19,21-23,25,30,38,41H,11-15H2,1-10H3,(H2,35,36,42);16-18,20-22,24,29,37,40H,10-15H2,1-9H3,(H2,34,35,41);12-14,16-18,20,25,33,37H,9-11H2,1-8H3,(H,28,29,34)(H2,30,31,38)/t21?,22?,23-,25+,30-,31?,48?;20?,21?,22-,24+,29-,30?,47?;13-,14-,16+,17?,18?,20-,25+,26?,43?/m110/s1. The molecule has 13 N–H and O–H groups in total. The molecule has 51 heteroatoms. The largest absolute Gasteiger partial charge is 0.476 e. The predicted octanol–water partition coefficient (Wildman–Crippen LogP) is 6.91. The van der Waals surface area contributed by atoms with E-state index in [1.165, 1.54) is 67.7 Å². The van der Waals surface area contributed by atoms with Gasteiger partial charge in [-0.1, -0.05) is 95.9 Å². The fraction of sp³-hybridized carbons (Fsp3) is 0.759. The Kier molecular flexibility index (Phi) is 43.3. The van der Waals surface area contributed by atoms with Crippen molar-refractivity contribution in [2.75, 3.05) is 67.1 Å². The molecule has 0 radical (unpaired) electrons. The molecule has 0 saturated carbocycles. The number of aromatic nitrogens is 12. The van der Waals surface area contributed by atoms with E-state index in [0.29, 0.717) is 59.2 Å². The molecule has 3 aliphatic heterocycles. The number of esters is 6. The molecule has 9 heterocycles. The van der Waals surface area contributed by atoms with Gasteiger partial charge in [-0.2, -0.15) is 9.97 Å². The van der Waals surface area contributed by atoms with Crippen molar-refractivity contribution in [3.63, 3.8) is 0 Å². The molecule has 6 aromatic heterocycles. The monoisotopic (exact) mass is 2020 g/mol. The second-order valence-electron chi connectivity index (χ2n) is 36.8. The summed E-state index contributed by atoms with van der Waals surface area (Å²) in [5, 5.41) is 84.5. The lowest BCUT2D eigenvalue weighted by molar-refractivity contribution is -0.146. The first-order chi connectivity index (χ1) is 64.6. The highest BCUT2D eigenvalue weighted by atomic mass is 31.2. The number of carbonyl (C=O) groups excluding carboxylic acids is 6. The Morgan fingerprint density at radius 3 is 1.01 bits per heavy atom. The van der Waals surface area contributed by atoms with Crippen LogP contribution < -0.4 is 45.6 Å². The van der Waals surface area contributed by atoms with Crippen molar-refractivity contribution >= 4 is 92.3 Å². The molecule has 3 saturated heterocycles. The molecule has 9 rings (SSSR count). The number of ether oxygens (including phenoxy) is 11. The first-order valence-electron chi connectivity index (χ1n) is 46.7. The molecule has 20 atom stereocenters. The normalized spacial score (nSPS) is 24.7. The number of aryl methyl sites for hydroxylation is 3. The molecule has 0 amide bonds. The summed E-state index contributed by atoms with van der Waals surface area (Å²) in [4.78, 5) is 127. The summed E-state index contributed by atoms with van der Waals surface area (Å²) >= 11 is 0. The fourth-order valence-corrected chi connectivity index (χ4v) is 21.2. The lowest BCUT2D eigenvalue weighted by Crippen LogP contribution is -2.49. The Hall–Kier alpha value is -8.16. The molecule has 9 unspecified atom stereocenters. The van der Waals surface area contributed by atoms with Crippen LogP contribution in [-0.2, 0) is 98.7 Å². The third kappa shape index (κ3) is 30.0. The number of aliphatic hydroxyl groups excluding tert-OH is 3. The third-order valence-corrected chi connectivity index (χ3v) is 28.2. The highest BCUT2D eigenvalue weighted by Gasteiger charge is 2.58. The molecule has 0 bridgehead atoms. The smallest absolute Gasteiger partial charge is 0.342 e. The van der Waals surface area contributed by atoms with E-state index in [1.54, 1.807) is 62.3 Å². The van der Waals surface area contributed by atoms with Crippen LogP contribution in [0.5, 0.6) is 11.8 Å². The van der Waals surface area contributed by atoms with Gasteiger partial charge in [-0.25, -0.2) is 60.4 Å². The van der Waals surface area contributed by atoms with Gasteiger partial charge in [0.15, 0.2) is 52.2 Å². The summed E-state index contributed by atoms with van der Waals surface area (Å²) in [5.74, 6) is -3.03. The molecular formula is C87H147N18O30P3. The topological polar surface area (TPSA) is 627 Å². The van der Waals surface area contributed by atoms with Crippen LogP contribution in [0.3, 0.4) is 0 Å². The van der Waals surface area contributed by atoms with Gasteiger partial charge < -0.3 is 101 Å². The summed E-state index contributed by atoms with van der Waals surface area (Å²) in [6, 6.07) is -6.39. The van der Waals surface area contributed by atoms with E-state index in [0.717, 1.165) is 0 Å². The molecule has 48 nitrogen and oxygen atoms in total. The number of aromatic amines is 1. The van der Waals surface area contributed by atoms with Gasteiger partial charge in [0.2, 0.25) is 11.8 Å². The first-order valence-corrected chi connectivity index (χ1v) is 51.5. The van der Waals surface area contributed by atoms with E-state index in [2.05, 4.69) is 75.4 Å². The maximum absolute atomic E-state index is 14.6. The van der Waals surface area contributed by atoms with E-state index < -0.39 is 193 Å². The Morgan fingerprint density at radius 1 is 0.435 bits per heavy atom. The van der Waals surface area contributed by atoms with Crippen molar-refractivity contribution < 1.29 is 139 Å². The highest BCUT2D eigenvalue weighted by molar-refractivity contribution is 7.55. The average Bonchev–Trinajstić information content (AvgIpc) is 1.60. The van der Waals surface area contributed by atoms with Crippen molar-refractivity contribution in [1.29, 1.82) is 0 Å². The van der Waals surface area contributed by atoms with Crippen LogP contribution in [0.1, 0.15) is 227 Å². The minimum absolute atomic E-state index is 0.00147. The molecular weight excluding hydrogens is 1870 g/mol. The maximum Gasteiger partial charge on any atom is 0.342 e. The number of carbonyl (C=O) groups is 6. The van der Waals surface area contributed by atoms with Gasteiger partial charge in [0.25, 0.3) is 5.56 Å². The molecule has 0 aromatic carbocycles. The van der Waals surface area contributed by atoms with Crippen LogP contribution in [0.2, 0.25) is 0 Å². The van der Waals surface area contributed by atoms with Crippen molar-refractivity contribution in [2.45, 2.75) is 326 Å². The van der Waals surface area contributed by atoms with Gasteiger partial charge in [-0.3, -0.25) is 61.0 Å². The van der Waals surface area contributed by atoms with E-state index in [9.17, 15) is 77.9 Å². The van der Waals surface area contributed by atoms with E-state index >= 15 is 0 Å². The van der Waals surface area contributed by atoms with Crippen LogP contribution >= 0.6 is 23.0 Å². The maximum atomic E-state index is 14.6. The number of aliphatic hydroxyl groups is 6.